The first-order valence-electron chi connectivity index (χ1n) is 24.7. The molecule has 2 aromatic heterocycles. The van der Waals surface area contributed by atoms with Crippen molar-refractivity contribution in [2.45, 2.75) is 104 Å². The van der Waals surface area contributed by atoms with Crippen molar-refractivity contribution in [2.24, 2.45) is 11.1 Å². The van der Waals surface area contributed by atoms with Gasteiger partial charge in [-0.3, -0.25) is 24.7 Å². The quantitative estimate of drug-likeness (QED) is 0.0983. The predicted molar refractivity (Wildman–Crippen MR) is 260 cm³/mol. The molecule has 1 aliphatic carbocycles. The van der Waals surface area contributed by atoms with Gasteiger partial charge in [0.05, 0.1) is 64.8 Å². The first-order valence-corrected chi connectivity index (χ1v) is 26.2. The molecule has 1 spiro atoms. The molecule has 7 aliphatic heterocycles. The standard InChI is InChI=1S/C51H57N9O9S/c1-28(2)35-6-3-4-7-36(35)38-8-5-13-58(38)32-18-51(19-32)26-57(27-51)39-10-9-37(48(52)61)46(59-41-14-29-11-12-53-49(29)55-50(41)69-44-25-66-24-42(44)59)47(39)70(64,65)34-16-40(60(62)63)45-43(17-34)68-22-30(54-45)20-56-21-33-15-31(56)23-67-33/h3-4,6-7,9-12,14,16-17,28,30-33,38,42,44,54H,5,8,13,15,18-27H2,1-2H3,(H2,52,61)(H,53,55)/t30-,31-,33-,38+,42+,44+/m1/s1. The molecule has 9 heterocycles. The van der Waals surface area contributed by atoms with Gasteiger partial charge in [-0.1, -0.05) is 38.1 Å². The Hall–Kier alpha value is -5.99. The molecule has 4 N–H and O–H groups in total. The molecule has 5 aromatic rings. The van der Waals surface area contributed by atoms with Crippen LogP contribution in [0, 0.1) is 15.5 Å². The number of carbonyl (C=O) groups is 1. The summed E-state index contributed by atoms with van der Waals surface area (Å²) in [5.41, 5.74) is 10.1. The van der Waals surface area contributed by atoms with Crippen LogP contribution in [0.15, 0.2) is 76.7 Å². The number of nitrogens with one attached hydrogen (secondary N) is 2. The normalized spacial score (nSPS) is 26.9. The number of primary amides is 1. The molecule has 1 saturated carbocycles. The van der Waals surface area contributed by atoms with Crippen LogP contribution in [0.25, 0.3) is 11.0 Å². The van der Waals surface area contributed by atoms with Gasteiger partial charge >= 0.3 is 0 Å². The second-order valence-electron chi connectivity index (χ2n) is 21.2. The largest absolute Gasteiger partial charge is 0.489 e. The molecular formula is C51H57N9O9S. The van der Waals surface area contributed by atoms with Crippen LogP contribution in [0.2, 0.25) is 0 Å². The van der Waals surface area contributed by atoms with E-state index in [2.05, 4.69) is 63.1 Å². The highest BCUT2D eigenvalue weighted by Gasteiger charge is 2.56. The van der Waals surface area contributed by atoms with Crippen LogP contribution in [0.4, 0.5) is 28.4 Å². The molecule has 2 bridgehead atoms. The molecule has 18 nitrogen and oxygen atoms in total. The van der Waals surface area contributed by atoms with Crippen molar-refractivity contribution < 1.29 is 37.1 Å². The summed E-state index contributed by atoms with van der Waals surface area (Å²) >= 11 is 0. The van der Waals surface area contributed by atoms with Crippen LogP contribution in [-0.4, -0.2) is 135 Å². The highest BCUT2D eigenvalue weighted by molar-refractivity contribution is 7.91. The van der Waals surface area contributed by atoms with Gasteiger partial charge in [-0.05, 0) is 80.0 Å². The van der Waals surface area contributed by atoms with Crippen LogP contribution >= 0.6 is 0 Å². The summed E-state index contributed by atoms with van der Waals surface area (Å²) < 4.78 is 56.6. The number of sulfone groups is 1. The lowest BCUT2D eigenvalue weighted by atomic mass is 9.60. The molecule has 5 saturated heterocycles. The lowest BCUT2D eigenvalue weighted by Gasteiger charge is -2.62. The van der Waals surface area contributed by atoms with E-state index in [1.807, 2.05) is 12.1 Å². The zero-order valence-electron chi connectivity index (χ0n) is 39.2. The van der Waals surface area contributed by atoms with Crippen LogP contribution in [-0.2, 0) is 19.3 Å². The number of nitro benzene ring substituents is 1. The number of H-pyrrole nitrogens is 1. The Morgan fingerprint density at radius 3 is 2.64 bits per heavy atom. The average molecular weight is 972 g/mol. The summed E-state index contributed by atoms with van der Waals surface area (Å²) in [6, 6.07) is 18.5. The Labute approximate surface area is 405 Å². The van der Waals surface area contributed by atoms with Crippen molar-refractivity contribution in [1.82, 2.24) is 19.8 Å². The number of benzene rings is 3. The van der Waals surface area contributed by atoms with Gasteiger partial charge in [0, 0.05) is 73.4 Å². The first kappa shape index (κ1) is 44.0. The van der Waals surface area contributed by atoms with Gasteiger partial charge in [-0.2, -0.15) is 4.98 Å². The summed E-state index contributed by atoms with van der Waals surface area (Å²) in [6.45, 7) is 9.28. The number of nitro groups is 1. The molecular weight excluding hydrogens is 915 g/mol. The van der Waals surface area contributed by atoms with Crippen molar-refractivity contribution >= 4 is 55.2 Å². The van der Waals surface area contributed by atoms with Crippen molar-refractivity contribution in [3.8, 4) is 11.6 Å². The molecule has 0 radical (unpaired) electrons. The van der Waals surface area contributed by atoms with Crippen LogP contribution in [0.3, 0.4) is 0 Å². The maximum Gasteiger partial charge on any atom is 0.297 e. The number of rotatable bonds is 11. The maximum atomic E-state index is 16.0. The summed E-state index contributed by atoms with van der Waals surface area (Å²) in [7, 11) is -4.76. The topological polar surface area (TPSA) is 211 Å². The SMILES string of the molecule is CC(C)c1ccccc1[C@@H]1CCCN1C1CC2(C1)CN(c1ccc(C(N)=O)c(N3c4cc5cc[nH]c5nc4O[C@H]4COC[C@@H]43)c1S(=O)(=O)c1cc3c(c([N+](=O)[O-])c1)N[C@H](CN1C[C@H]4C[C@@H]1CO4)CO3)C2. The second-order valence-corrected chi connectivity index (χ2v) is 23.0. The highest BCUT2D eigenvalue weighted by Crippen LogP contribution is 2.57. The van der Waals surface area contributed by atoms with Gasteiger partial charge in [0.1, 0.15) is 28.9 Å². The van der Waals surface area contributed by atoms with Crippen molar-refractivity contribution in [1.29, 1.82) is 0 Å². The number of hydrogen-bond acceptors (Lipinski definition) is 15. The second kappa shape index (κ2) is 16.3. The highest BCUT2D eigenvalue weighted by atomic mass is 32.2. The van der Waals surface area contributed by atoms with Gasteiger partial charge in [-0.15, -0.1) is 0 Å². The van der Waals surface area contributed by atoms with E-state index in [4.69, 9.17) is 29.7 Å². The lowest BCUT2D eigenvalue weighted by molar-refractivity contribution is -0.384. The Morgan fingerprint density at radius 2 is 1.87 bits per heavy atom. The zero-order valence-corrected chi connectivity index (χ0v) is 40.0. The number of amides is 1. The molecule has 3 aromatic carbocycles. The number of pyridine rings is 1. The van der Waals surface area contributed by atoms with E-state index in [0.29, 0.717) is 61.3 Å². The number of aromatic nitrogens is 2. The summed E-state index contributed by atoms with van der Waals surface area (Å²) in [6.07, 6.45) is 6.54. The van der Waals surface area contributed by atoms with Crippen molar-refractivity contribution in [3.63, 3.8) is 0 Å². The molecule has 8 aliphatic rings. The molecule has 6 atom stereocenters. The summed E-state index contributed by atoms with van der Waals surface area (Å²) in [4.78, 5) is 42.6. The van der Waals surface area contributed by atoms with Gasteiger partial charge in [0.15, 0.2) is 11.4 Å². The molecule has 1 amide bonds. The molecule has 6 fully saturated rings. The fourth-order valence-corrected chi connectivity index (χ4v) is 14.9. The lowest BCUT2D eigenvalue weighted by Crippen LogP contribution is -2.66. The smallest absolute Gasteiger partial charge is 0.297 e. The molecule has 13 rings (SSSR count). The number of ether oxygens (including phenoxy) is 4. The van der Waals surface area contributed by atoms with Crippen molar-refractivity contribution in [2.75, 3.05) is 74.3 Å². The predicted octanol–water partition coefficient (Wildman–Crippen LogP) is 6.28. The minimum absolute atomic E-state index is 0.0371. The molecule has 0 unspecified atom stereocenters. The Morgan fingerprint density at radius 1 is 1.03 bits per heavy atom. The van der Waals surface area contributed by atoms with E-state index in [1.54, 1.807) is 23.2 Å². The number of nitrogens with two attached hydrogens (primary N) is 1. The Kier molecular flexibility index (Phi) is 10.2. The van der Waals surface area contributed by atoms with E-state index in [-0.39, 0.29) is 81.8 Å². The number of anilines is 4. The van der Waals surface area contributed by atoms with Crippen molar-refractivity contribution in [3.05, 3.63) is 93.7 Å². The third-order valence-corrected chi connectivity index (χ3v) is 18.3. The minimum atomic E-state index is -4.76. The fraction of sp³-hybridized carbons (Fsp3) is 0.490. The first-order chi connectivity index (χ1) is 33.8. The van der Waals surface area contributed by atoms with Crippen LogP contribution in [0.5, 0.6) is 11.6 Å². The van der Waals surface area contributed by atoms with E-state index in [0.717, 1.165) is 56.6 Å². The Balaban J connectivity index is 0.897. The molecule has 19 heteroatoms. The van der Waals surface area contributed by atoms with E-state index < -0.39 is 38.5 Å². The minimum Gasteiger partial charge on any atom is -0.489 e. The number of likely N-dealkylation sites (tertiary alicyclic amines) is 2. The monoisotopic (exact) mass is 971 g/mol. The van der Waals surface area contributed by atoms with E-state index in [1.165, 1.54) is 17.2 Å². The van der Waals surface area contributed by atoms with Gasteiger partial charge in [0.2, 0.25) is 15.7 Å². The van der Waals surface area contributed by atoms with Gasteiger partial charge in [0.25, 0.3) is 11.6 Å². The summed E-state index contributed by atoms with van der Waals surface area (Å²) in [5, 5.41) is 17.1. The fourth-order valence-electron chi connectivity index (χ4n) is 13.2. The number of nitrogens with zero attached hydrogens (tertiary/aromatic N) is 6. The molecule has 70 heavy (non-hydrogen) atoms. The average Bonchev–Trinajstić information content (AvgIpc) is 4.19. The number of fused-ring (bicyclic) bond motifs is 6. The van der Waals surface area contributed by atoms with Crippen LogP contribution in [0.1, 0.15) is 79.4 Å². The third-order valence-electron chi connectivity index (χ3n) is 16.5. The number of carbonyl (C=O) groups excluding carboxylic acids is 1. The van der Waals surface area contributed by atoms with E-state index in [9.17, 15) is 14.9 Å². The Bertz CT molecular complexity index is 3080. The van der Waals surface area contributed by atoms with Gasteiger partial charge < -0.3 is 44.8 Å². The van der Waals surface area contributed by atoms with Gasteiger partial charge in [-0.25, -0.2) is 8.42 Å². The molecule has 366 valence electrons. The zero-order chi connectivity index (χ0) is 47.8. The number of morpholine rings is 1. The van der Waals surface area contributed by atoms with Crippen LogP contribution < -0.4 is 30.3 Å². The third kappa shape index (κ3) is 6.97. The maximum absolute atomic E-state index is 16.0. The summed E-state index contributed by atoms with van der Waals surface area (Å²) in [5.74, 6) is -0.125. The van der Waals surface area contributed by atoms with E-state index >= 15 is 8.42 Å². The number of aromatic amines is 1. The number of hydrogen-bond donors (Lipinski definition) is 3.